The summed E-state index contributed by atoms with van der Waals surface area (Å²) in [4.78, 5) is 4.51. The normalized spacial score (nSPS) is 11.5. The summed E-state index contributed by atoms with van der Waals surface area (Å²) in [7, 11) is 1.81. The van der Waals surface area contributed by atoms with Crippen LogP contribution in [0.15, 0.2) is 18.2 Å². The minimum atomic E-state index is -0.496. The number of fused-ring (bicyclic) bond motifs is 1. The quantitative estimate of drug-likeness (QED) is 0.685. The first-order chi connectivity index (χ1) is 10.1. The summed E-state index contributed by atoms with van der Waals surface area (Å²) in [6, 6.07) is 4.86. The van der Waals surface area contributed by atoms with Crippen molar-refractivity contribution in [3.8, 4) is 5.69 Å². The standard InChI is InChI=1S/C14H13Cl2FN4/c1-3-9-13-14(20(2)19-9)21(11(7-15)18-13)10-6-4-5-8(16)12(10)17/h4-6H,3,7H2,1-2H3. The number of alkyl halides is 1. The Morgan fingerprint density at radius 2 is 2.10 bits per heavy atom. The van der Waals surface area contributed by atoms with E-state index in [9.17, 15) is 4.39 Å². The van der Waals surface area contributed by atoms with Gasteiger partial charge in [0.25, 0.3) is 0 Å². The number of benzene rings is 1. The van der Waals surface area contributed by atoms with Gasteiger partial charge in [0.05, 0.1) is 22.3 Å². The number of aromatic nitrogens is 4. The van der Waals surface area contributed by atoms with E-state index in [1.807, 2.05) is 6.92 Å². The van der Waals surface area contributed by atoms with Crippen LogP contribution in [-0.2, 0) is 19.3 Å². The fraction of sp³-hybridized carbons (Fsp3) is 0.286. The summed E-state index contributed by atoms with van der Waals surface area (Å²) in [6.07, 6.45) is 0.744. The minimum absolute atomic E-state index is 0.0627. The van der Waals surface area contributed by atoms with Crippen LogP contribution >= 0.6 is 23.2 Å². The molecule has 0 saturated heterocycles. The van der Waals surface area contributed by atoms with Crippen molar-refractivity contribution in [3.63, 3.8) is 0 Å². The molecule has 0 aliphatic rings. The zero-order valence-corrected chi connectivity index (χ0v) is 13.1. The fourth-order valence-corrected chi connectivity index (χ4v) is 2.82. The topological polar surface area (TPSA) is 35.6 Å². The molecule has 0 amide bonds. The molecule has 0 fully saturated rings. The molecule has 0 unspecified atom stereocenters. The second-order valence-corrected chi connectivity index (χ2v) is 5.34. The largest absolute Gasteiger partial charge is 0.277 e. The smallest absolute Gasteiger partial charge is 0.165 e. The Morgan fingerprint density at radius 3 is 2.76 bits per heavy atom. The van der Waals surface area contributed by atoms with Gasteiger partial charge in [-0.3, -0.25) is 4.57 Å². The molecular weight excluding hydrogens is 314 g/mol. The first-order valence-corrected chi connectivity index (χ1v) is 7.43. The van der Waals surface area contributed by atoms with Gasteiger partial charge in [0.2, 0.25) is 0 Å². The van der Waals surface area contributed by atoms with Crippen molar-refractivity contribution in [1.29, 1.82) is 0 Å². The highest BCUT2D eigenvalue weighted by atomic mass is 35.5. The lowest BCUT2D eigenvalue weighted by Crippen LogP contribution is -2.06. The number of hydrogen-bond donors (Lipinski definition) is 0. The number of nitrogens with zero attached hydrogens (tertiary/aromatic N) is 4. The predicted octanol–water partition coefficient (Wildman–Crippen LogP) is 3.85. The van der Waals surface area contributed by atoms with Crippen LogP contribution in [-0.4, -0.2) is 19.3 Å². The van der Waals surface area contributed by atoms with Crippen LogP contribution in [0.4, 0.5) is 4.39 Å². The van der Waals surface area contributed by atoms with Gasteiger partial charge in [-0.25, -0.2) is 14.1 Å². The van der Waals surface area contributed by atoms with E-state index in [1.165, 1.54) is 6.07 Å². The van der Waals surface area contributed by atoms with Crippen molar-refractivity contribution >= 4 is 34.4 Å². The van der Waals surface area contributed by atoms with Gasteiger partial charge in [-0.1, -0.05) is 24.6 Å². The van der Waals surface area contributed by atoms with E-state index in [0.29, 0.717) is 17.2 Å². The molecule has 0 aliphatic heterocycles. The van der Waals surface area contributed by atoms with Gasteiger partial charge in [-0.2, -0.15) is 5.10 Å². The minimum Gasteiger partial charge on any atom is -0.277 e. The predicted molar refractivity (Wildman–Crippen MR) is 81.7 cm³/mol. The molecule has 110 valence electrons. The Morgan fingerprint density at radius 1 is 1.33 bits per heavy atom. The van der Waals surface area contributed by atoms with E-state index in [4.69, 9.17) is 23.2 Å². The Hall–Kier alpha value is -1.59. The zero-order chi connectivity index (χ0) is 15.1. The van der Waals surface area contributed by atoms with Crippen molar-refractivity contribution in [2.24, 2.45) is 7.05 Å². The van der Waals surface area contributed by atoms with E-state index in [2.05, 4.69) is 10.1 Å². The average Bonchev–Trinajstić information content (AvgIpc) is 2.99. The highest BCUT2D eigenvalue weighted by molar-refractivity contribution is 6.30. The zero-order valence-electron chi connectivity index (χ0n) is 11.6. The van der Waals surface area contributed by atoms with Crippen LogP contribution in [0.5, 0.6) is 0 Å². The van der Waals surface area contributed by atoms with Crippen LogP contribution in [0, 0.1) is 5.82 Å². The molecule has 3 rings (SSSR count). The maximum absolute atomic E-state index is 14.4. The molecule has 21 heavy (non-hydrogen) atoms. The van der Waals surface area contributed by atoms with Crippen LogP contribution in [0.25, 0.3) is 16.9 Å². The van der Waals surface area contributed by atoms with Gasteiger partial charge in [-0.15, -0.1) is 11.6 Å². The molecule has 0 spiro atoms. The summed E-state index contributed by atoms with van der Waals surface area (Å²) in [5.41, 5.74) is 2.64. The average molecular weight is 327 g/mol. The number of aryl methyl sites for hydroxylation is 2. The van der Waals surface area contributed by atoms with Crippen molar-refractivity contribution in [3.05, 3.63) is 40.6 Å². The summed E-state index contributed by atoms with van der Waals surface area (Å²) in [5.74, 6) is 0.240. The van der Waals surface area contributed by atoms with Crippen LogP contribution in [0.1, 0.15) is 18.4 Å². The van der Waals surface area contributed by atoms with E-state index < -0.39 is 5.82 Å². The third kappa shape index (κ3) is 2.12. The summed E-state index contributed by atoms with van der Waals surface area (Å²) in [6.45, 7) is 2.00. The van der Waals surface area contributed by atoms with Crippen LogP contribution < -0.4 is 0 Å². The lowest BCUT2D eigenvalue weighted by Gasteiger charge is -2.10. The molecule has 0 aliphatic carbocycles. The van der Waals surface area contributed by atoms with Crippen LogP contribution in [0.3, 0.4) is 0 Å². The first kappa shape index (κ1) is 14.4. The van der Waals surface area contributed by atoms with Gasteiger partial charge >= 0.3 is 0 Å². The maximum atomic E-state index is 14.4. The Kier molecular flexibility index (Phi) is 3.63. The maximum Gasteiger partial charge on any atom is 0.165 e. The number of rotatable bonds is 3. The van der Waals surface area contributed by atoms with E-state index in [-0.39, 0.29) is 10.9 Å². The summed E-state index contributed by atoms with van der Waals surface area (Å²) >= 11 is 11.9. The molecule has 3 aromatic rings. The van der Waals surface area contributed by atoms with Gasteiger partial charge in [0, 0.05) is 7.05 Å². The van der Waals surface area contributed by atoms with Crippen LogP contribution in [0.2, 0.25) is 5.02 Å². The second-order valence-electron chi connectivity index (χ2n) is 4.67. The second kappa shape index (κ2) is 5.31. The van der Waals surface area contributed by atoms with Gasteiger partial charge < -0.3 is 0 Å². The van der Waals surface area contributed by atoms with Gasteiger partial charge in [-0.05, 0) is 18.6 Å². The molecule has 1 aromatic carbocycles. The number of halogens is 3. The SMILES string of the molecule is CCc1nn(C)c2c1nc(CCl)n2-c1cccc(Cl)c1F. The third-order valence-corrected chi connectivity index (χ3v) is 3.93. The van der Waals surface area contributed by atoms with E-state index in [1.54, 1.807) is 28.4 Å². The molecule has 2 heterocycles. The van der Waals surface area contributed by atoms with Crippen molar-refractivity contribution in [2.45, 2.75) is 19.2 Å². The highest BCUT2D eigenvalue weighted by Gasteiger charge is 2.21. The molecule has 0 N–H and O–H groups in total. The Bertz CT molecular complexity index is 822. The molecule has 0 saturated carbocycles. The lowest BCUT2D eigenvalue weighted by molar-refractivity contribution is 0.616. The van der Waals surface area contributed by atoms with Crippen molar-refractivity contribution < 1.29 is 4.39 Å². The van der Waals surface area contributed by atoms with Crippen molar-refractivity contribution in [1.82, 2.24) is 19.3 Å². The molecule has 0 bridgehead atoms. The molecule has 2 aromatic heterocycles. The lowest BCUT2D eigenvalue weighted by atomic mass is 10.3. The monoisotopic (exact) mass is 326 g/mol. The molecular formula is C14H13Cl2FN4. The van der Waals surface area contributed by atoms with E-state index in [0.717, 1.165) is 17.6 Å². The van der Waals surface area contributed by atoms with E-state index >= 15 is 0 Å². The number of imidazole rings is 1. The fourth-order valence-electron chi connectivity index (χ4n) is 2.47. The Labute approximate surface area is 131 Å². The first-order valence-electron chi connectivity index (χ1n) is 6.52. The molecule has 4 nitrogen and oxygen atoms in total. The molecule has 7 heteroatoms. The van der Waals surface area contributed by atoms with Gasteiger partial charge in [0.1, 0.15) is 11.3 Å². The third-order valence-electron chi connectivity index (χ3n) is 3.40. The Balaban J connectivity index is 2.40. The van der Waals surface area contributed by atoms with Crippen molar-refractivity contribution in [2.75, 3.05) is 0 Å². The molecule has 0 radical (unpaired) electrons. The summed E-state index contributed by atoms with van der Waals surface area (Å²) < 4.78 is 17.7. The molecule has 0 atom stereocenters. The van der Waals surface area contributed by atoms with Gasteiger partial charge in [0.15, 0.2) is 11.5 Å². The summed E-state index contributed by atoms with van der Waals surface area (Å²) in [5, 5.41) is 4.48. The number of hydrogen-bond acceptors (Lipinski definition) is 2. The highest BCUT2D eigenvalue weighted by Crippen LogP contribution is 2.28.